The SMILES string of the molecule is [B]1N=[C-]C=CO1. The summed E-state index contributed by atoms with van der Waals surface area (Å²) in [6.07, 6.45) is 5.65. The molecule has 3 heteroatoms. The Morgan fingerprint density at radius 2 is 2.83 bits per heavy atom. The molecule has 6 heavy (non-hydrogen) atoms. The average Bonchev–Trinajstić information content (AvgIpc) is 1.72. The summed E-state index contributed by atoms with van der Waals surface area (Å²) >= 11 is 0. The minimum Gasteiger partial charge on any atom is -0.641 e. The van der Waals surface area contributed by atoms with E-state index < -0.39 is 0 Å². The smallest absolute Gasteiger partial charge is 0.500 e. The Kier molecular flexibility index (Phi) is 0.951. The lowest BCUT2D eigenvalue weighted by Crippen LogP contribution is -1.91. The molecule has 0 saturated carbocycles. The highest BCUT2D eigenvalue weighted by Crippen LogP contribution is 1.78. The van der Waals surface area contributed by atoms with E-state index in [1.807, 2.05) is 0 Å². The maximum absolute atomic E-state index is 4.53. The van der Waals surface area contributed by atoms with Crippen LogP contribution < -0.4 is 0 Å². The van der Waals surface area contributed by atoms with Crippen LogP contribution in [0.1, 0.15) is 0 Å². The van der Waals surface area contributed by atoms with E-state index in [4.69, 9.17) is 0 Å². The zero-order valence-electron chi connectivity index (χ0n) is 3.09. The fourth-order valence-corrected chi connectivity index (χ4v) is 0.209. The van der Waals surface area contributed by atoms with Crippen molar-refractivity contribution in [3.05, 3.63) is 12.3 Å². The van der Waals surface area contributed by atoms with Gasteiger partial charge in [-0.3, -0.25) is 0 Å². The zero-order chi connectivity index (χ0) is 4.24. The van der Waals surface area contributed by atoms with Crippen molar-refractivity contribution in [3.8, 4) is 0 Å². The van der Waals surface area contributed by atoms with E-state index in [1.54, 1.807) is 6.08 Å². The minimum absolute atomic E-state index is 1.32. The van der Waals surface area contributed by atoms with Gasteiger partial charge in [0.2, 0.25) is 0 Å². The zero-order valence-corrected chi connectivity index (χ0v) is 3.09. The lowest BCUT2D eigenvalue weighted by Gasteiger charge is -2.03. The van der Waals surface area contributed by atoms with Gasteiger partial charge in [-0.05, 0) is 0 Å². The molecule has 1 rings (SSSR count). The van der Waals surface area contributed by atoms with Crippen LogP contribution in [-0.2, 0) is 4.65 Å². The first kappa shape index (κ1) is 3.46. The topological polar surface area (TPSA) is 21.6 Å². The molecule has 0 unspecified atom stereocenters. The van der Waals surface area contributed by atoms with Crippen molar-refractivity contribution < 1.29 is 4.65 Å². The Hall–Kier alpha value is -0.725. The first-order chi connectivity index (χ1) is 3.00. The van der Waals surface area contributed by atoms with Crippen molar-refractivity contribution in [3.63, 3.8) is 0 Å². The van der Waals surface area contributed by atoms with Crippen LogP contribution >= 0.6 is 0 Å². The molecular weight excluding hydrogens is 76.9 g/mol. The second-order valence-electron chi connectivity index (χ2n) is 0.802. The Morgan fingerprint density at radius 3 is 3.00 bits per heavy atom. The number of nitrogens with zero attached hydrogens (tertiary/aromatic N) is 1. The van der Waals surface area contributed by atoms with Crippen molar-refractivity contribution in [2.24, 2.45) is 4.90 Å². The molecule has 1 aliphatic rings. The summed E-state index contributed by atoms with van der Waals surface area (Å²) in [7, 11) is 1.32. The molecule has 0 bridgehead atoms. The Balaban J connectivity index is 2.46. The highest BCUT2D eigenvalue weighted by atomic mass is 16.4. The maximum Gasteiger partial charge on any atom is 0.500 e. The molecule has 1 aliphatic heterocycles. The summed E-state index contributed by atoms with van der Waals surface area (Å²) in [6, 6.07) is 0. The van der Waals surface area contributed by atoms with Gasteiger partial charge in [0.15, 0.2) is 0 Å². The summed E-state index contributed by atoms with van der Waals surface area (Å²) in [5.74, 6) is 0. The molecule has 2 nitrogen and oxygen atoms in total. The van der Waals surface area contributed by atoms with Crippen molar-refractivity contribution in [1.82, 2.24) is 0 Å². The van der Waals surface area contributed by atoms with E-state index in [0.717, 1.165) is 0 Å². The van der Waals surface area contributed by atoms with Gasteiger partial charge in [0, 0.05) is 0 Å². The number of hydrogen-bond acceptors (Lipinski definition) is 2. The molecule has 0 fully saturated rings. The van der Waals surface area contributed by atoms with E-state index in [-0.39, 0.29) is 0 Å². The van der Waals surface area contributed by atoms with Gasteiger partial charge in [-0.25, -0.2) is 0 Å². The molecule has 0 N–H and O–H groups in total. The van der Waals surface area contributed by atoms with E-state index in [0.29, 0.717) is 0 Å². The van der Waals surface area contributed by atoms with Crippen LogP contribution in [-0.4, -0.2) is 13.8 Å². The number of allylic oxidation sites excluding steroid dienone is 1. The molecule has 0 atom stereocenters. The van der Waals surface area contributed by atoms with Gasteiger partial charge >= 0.3 is 7.62 Å². The molecule has 0 aliphatic carbocycles. The second kappa shape index (κ2) is 1.65. The Bertz CT molecular complexity index is 76.8. The average molecular weight is 78.9 g/mol. The lowest BCUT2D eigenvalue weighted by molar-refractivity contribution is 0.514. The lowest BCUT2D eigenvalue weighted by atomic mass is 10.3. The van der Waals surface area contributed by atoms with Crippen LogP contribution in [0.4, 0.5) is 0 Å². The summed E-state index contributed by atoms with van der Waals surface area (Å²) in [5.41, 5.74) is 0. The third kappa shape index (κ3) is 0.609. The normalized spacial score (nSPS) is 16.0. The minimum atomic E-state index is 1.32. The molecule has 1 heterocycles. The van der Waals surface area contributed by atoms with Crippen LogP contribution in [0.15, 0.2) is 17.2 Å². The van der Waals surface area contributed by atoms with Crippen molar-refractivity contribution in [2.75, 3.05) is 0 Å². The maximum atomic E-state index is 4.53. The first-order valence-electron chi connectivity index (χ1n) is 1.58. The van der Waals surface area contributed by atoms with E-state index >= 15 is 0 Å². The summed E-state index contributed by atoms with van der Waals surface area (Å²) < 4.78 is 4.53. The Morgan fingerprint density at radius 1 is 1.83 bits per heavy atom. The van der Waals surface area contributed by atoms with Crippen LogP contribution in [0, 0.1) is 0 Å². The fourth-order valence-electron chi connectivity index (χ4n) is 0.209. The van der Waals surface area contributed by atoms with Gasteiger partial charge < -0.3 is 9.56 Å². The molecule has 0 aromatic heterocycles. The second-order valence-corrected chi connectivity index (χ2v) is 0.802. The van der Waals surface area contributed by atoms with Gasteiger partial charge in [-0.1, -0.05) is 6.26 Å². The quantitative estimate of drug-likeness (QED) is 0.296. The fraction of sp³-hybridized carbons (Fsp3) is 0. The van der Waals surface area contributed by atoms with E-state index in [2.05, 4.69) is 15.8 Å². The van der Waals surface area contributed by atoms with Gasteiger partial charge in [0.05, 0.1) is 0 Å². The summed E-state index contributed by atoms with van der Waals surface area (Å²) in [4.78, 5) is 3.49. The van der Waals surface area contributed by atoms with E-state index in [9.17, 15) is 0 Å². The largest absolute Gasteiger partial charge is 0.641 e. The van der Waals surface area contributed by atoms with Crippen LogP contribution in [0.2, 0.25) is 0 Å². The number of hydrogen-bond donors (Lipinski definition) is 0. The third-order valence-corrected chi connectivity index (χ3v) is 0.409. The summed E-state index contributed by atoms with van der Waals surface area (Å²) in [5, 5.41) is 0. The molecule has 0 aromatic carbocycles. The molecular formula is C3H2BNO-. The van der Waals surface area contributed by atoms with Crippen molar-refractivity contribution >= 4 is 13.8 Å². The molecule has 0 saturated heterocycles. The van der Waals surface area contributed by atoms with Gasteiger partial charge in [-0.15, -0.1) is 0 Å². The van der Waals surface area contributed by atoms with Gasteiger partial charge in [0.25, 0.3) is 0 Å². The highest BCUT2D eigenvalue weighted by Gasteiger charge is 1.74. The first-order valence-corrected chi connectivity index (χ1v) is 1.58. The summed E-state index contributed by atoms with van der Waals surface area (Å²) in [6.45, 7) is 0. The molecule has 0 spiro atoms. The predicted molar refractivity (Wildman–Crippen MR) is 23.4 cm³/mol. The Labute approximate surface area is 36.8 Å². The standard InChI is InChI=1S/C3H2BNO/c1-2-5-4-6-3-1/h1,3H/q-1. The van der Waals surface area contributed by atoms with Crippen molar-refractivity contribution in [2.45, 2.75) is 0 Å². The molecule has 29 valence electrons. The van der Waals surface area contributed by atoms with Crippen LogP contribution in [0.3, 0.4) is 0 Å². The molecule has 1 radical (unpaired) electrons. The van der Waals surface area contributed by atoms with Crippen LogP contribution in [0.5, 0.6) is 0 Å². The number of rotatable bonds is 0. The van der Waals surface area contributed by atoms with Gasteiger partial charge in [0.1, 0.15) is 0 Å². The van der Waals surface area contributed by atoms with E-state index in [1.165, 1.54) is 13.9 Å². The van der Waals surface area contributed by atoms with Gasteiger partial charge in [-0.2, -0.15) is 12.3 Å². The van der Waals surface area contributed by atoms with Crippen molar-refractivity contribution in [1.29, 1.82) is 0 Å². The molecule has 0 amide bonds. The van der Waals surface area contributed by atoms with Crippen LogP contribution in [0.25, 0.3) is 0 Å². The highest BCUT2D eigenvalue weighted by molar-refractivity contribution is 6.28. The molecule has 0 aromatic rings. The predicted octanol–water partition coefficient (Wildman–Crippen LogP) is 0.0123. The third-order valence-electron chi connectivity index (χ3n) is 0.409. The monoisotopic (exact) mass is 79.0 g/mol.